The van der Waals surface area contributed by atoms with Gasteiger partial charge in [-0.2, -0.15) is 5.10 Å². The van der Waals surface area contributed by atoms with Crippen LogP contribution in [-0.4, -0.2) is 14.8 Å². The van der Waals surface area contributed by atoms with Crippen LogP contribution in [-0.2, 0) is 0 Å². The van der Waals surface area contributed by atoms with Crippen molar-refractivity contribution in [2.24, 2.45) is 0 Å². The predicted octanol–water partition coefficient (Wildman–Crippen LogP) is 2.53. The van der Waals surface area contributed by atoms with E-state index in [9.17, 15) is 0 Å². The summed E-state index contributed by atoms with van der Waals surface area (Å²) in [5.41, 5.74) is 1.85. The molecule has 0 N–H and O–H groups in total. The minimum atomic E-state index is 0.396. The average molecular weight is 187 g/mol. The van der Waals surface area contributed by atoms with Gasteiger partial charge in [0, 0.05) is 18.4 Å². The van der Waals surface area contributed by atoms with Gasteiger partial charge in [0.25, 0.3) is 0 Å². The number of nitrogens with zero attached hydrogens (tertiary/aromatic N) is 3. The third-order valence-electron chi connectivity index (χ3n) is 2.06. The van der Waals surface area contributed by atoms with E-state index in [2.05, 4.69) is 23.9 Å². The van der Waals surface area contributed by atoms with Gasteiger partial charge in [-0.15, -0.1) is 0 Å². The van der Waals surface area contributed by atoms with E-state index in [1.807, 2.05) is 35.1 Å². The van der Waals surface area contributed by atoms with Gasteiger partial charge in [0.1, 0.15) is 5.69 Å². The molecule has 0 radical (unpaired) electrons. The summed E-state index contributed by atoms with van der Waals surface area (Å²) in [6.45, 7) is 4.21. The molecule has 0 atom stereocenters. The molecule has 3 heteroatoms. The molecule has 72 valence electrons. The standard InChI is InChI=1S/C11H13N3/c1-9(2)14-8-6-11(13-14)10-5-3-4-7-12-10/h3-9H,1-2H3. The largest absolute Gasteiger partial charge is 0.270 e. The Labute approximate surface area is 83.4 Å². The van der Waals surface area contributed by atoms with Crippen molar-refractivity contribution >= 4 is 0 Å². The maximum Gasteiger partial charge on any atom is 0.111 e. The zero-order valence-corrected chi connectivity index (χ0v) is 8.38. The third kappa shape index (κ3) is 1.66. The van der Waals surface area contributed by atoms with Crippen LogP contribution in [0.3, 0.4) is 0 Å². The molecule has 14 heavy (non-hydrogen) atoms. The molecule has 0 unspecified atom stereocenters. The van der Waals surface area contributed by atoms with Gasteiger partial charge in [0.15, 0.2) is 0 Å². The Balaban J connectivity index is 2.34. The Kier molecular flexibility index (Phi) is 2.31. The molecule has 0 aliphatic heterocycles. The van der Waals surface area contributed by atoms with Crippen LogP contribution < -0.4 is 0 Å². The third-order valence-corrected chi connectivity index (χ3v) is 2.06. The maximum absolute atomic E-state index is 4.43. The second-order valence-corrected chi connectivity index (χ2v) is 3.49. The molecule has 0 aliphatic rings. The summed E-state index contributed by atoms with van der Waals surface area (Å²) in [5, 5.41) is 4.43. The SMILES string of the molecule is CC(C)n1ccc(-c2ccccn2)n1. The highest BCUT2D eigenvalue weighted by atomic mass is 15.3. The van der Waals surface area contributed by atoms with Crippen LogP contribution in [0.4, 0.5) is 0 Å². The minimum Gasteiger partial charge on any atom is -0.270 e. The summed E-state index contributed by atoms with van der Waals surface area (Å²) in [6.07, 6.45) is 3.76. The molecule has 0 spiro atoms. The number of pyridine rings is 1. The van der Waals surface area contributed by atoms with Crippen LogP contribution in [0.2, 0.25) is 0 Å². The van der Waals surface area contributed by atoms with Gasteiger partial charge in [-0.25, -0.2) is 0 Å². The second kappa shape index (κ2) is 3.62. The van der Waals surface area contributed by atoms with Gasteiger partial charge in [-0.05, 0) is 32.0 Å². The van der Waals surface area contributed by atoms with Crippen LogP contribution in [0.25, 0.3) is 11.4 Å². The van der Waals surface area contributed by atoms with E-state index < -0.39 is 0 Å². The van der Waals surface area contributed by atoms with E-state index in [4.69, 9.17) is 0 Å². The van der Waals surface area contributed by atoms with Crippen molar-refractivity contribution < 1.29 is 0 Å². The molecule has 0 bridgehead atoms. The van der Waals surface area contributed by atoms with Crippen LogP contribution in [0.1, 0.15) is 19.9 Å². The maximum atomic E-state index is 4.43. The zero-order valence-electron chi connectivity index (χ0n) is 8.38. The van der Waals surface area contributed by atoms with Crippen molar-refractivity contribution in [1.82, 2.24) is 14.8 Å². The van der Waals surface area contributed by atoms with Crippen molar-refractivity contribution in [1.29, 1.82) is 0 Å². The summed E-state index contributed by atoms with van der Waals surface area (Å²) in [7, 11) is 0. The Hall–Kier alpha value is -1.64. The lowest BCUT2D eigenvalue weighted by Gasteiger charge is -2.03. The first-order valence-electron chi connectivity index (χ1n) is 4.74. The van der Waals surface area contributed by atoms with Gasteiger partial charge >= 0.3 is 0 Å². The van der Waals surface area contributed by atoms with Crippen LogP contribution >= 0.6 is 0 Å². The first-order valence-corrected chi connectivity index (χ1v) is 4.74. The fraction of sp³-hybridized carbons (Fsp3) is 0.273. The van der Waals surface area contributed by atoms with Crippen LogP contribution in [0.5, 0.6) is 0 Å². The molecule has 0 amide bonds. The van der Waals surface area contributed by atoms with Crippen LogP contribution in [0, 0.1) is 0 Å². The summed E-state index contributed by atoms with van der Waals surface area (Å²) in [5.74, 6) is 0. The van der Waals surface area contributed by atoms with Gasteiger partial charge < -0.3 is 0 Å². The first-order chi connectivity index (χ1) is 6.77. The fourth-order valence-electron chi connectivity index (χ4n) is 1.28. The molecule has 0 saturated heterocycles. The van der Waals surface area contributed by atoms with E-state index in [1.165, 1.54) is 0 Å². The molecular formula is C11H13N3. The van der Waals surface area contributed by atoms with Crippen molar-refractivity contribution in [2.75, 3.05) is 0 Å². The molecule has 0 saturated carbocycles. The summed E-state index contributed by atoms with van der Waals surface area (Å²) >= 11 is 0. The molecule has 0 aliphatic carbocycles. The Morgan fingerprint density at radius 3 is 2.57 bits per heavy atom. The number of hydrogen-bond donors (Lipinski definition) is 0. The van der Waals surface area contributed by atoms with Gasteiger partial charge in [-0.3, -0.25) is 9.67 Å². The molecule has 2 aromatic heterocycles. The van der Waals surface area contributed by atoms with Gasteiger partial charge in [-0.1, -0.05) is 6.07 Å². The summed E-state index contributed by atoms with van der Waals surface area (Å²) in [6, 6.07) is 8.22. The molecule has 3 nitrogen and oxygen atoms in total. The Bertz CT molecular complexity index is 403. The summed E-state index contributed by atoms with van der Waals surface area (Å²) < 4.78 is 1.93. The predicted molar refractivity (Wildman–Crippen MR) is 55.8 cm³/mol. The highest BCUT2D eigenvalue weighted by Crippen LogP contribution is 2.14. The van der Waals surface area contributed by atoms with Crippen molar-refractivity contribution in [3.63, 3.8) is 0 Å². The lowest BCUT2D eigenvalue weighted by atomic mass is 10.3. The van der Waals surface area contributed by atoms with E-state index in [0.29, 0.717) is 6.04 Å². The lowest BCUT2D eigenvalue weighted by molar-refractivity contribution is 0.534. The molecule has 2 heterocycles. The second-order valence-electron chi connectivity index (χ2n) is 3.49. The van der Waals surface area contributed by atoms with Crippen LogP contribution in [0.15, 0.2) is 36.7 Å². The van der Waals surface area contributed by atoms with E-state index in [0.717, 1.165) is 11.4 Å². The van der Waals surface area contributed by atoms with Crippen molar-refractivity contribution in [2.45, 2.75) is 19.9 Å². The fourth-order valence-corrected chi connectivity index (χ4v) is 1.28. The minimum absolute atomic E-state index is 0.396. The smallest absolute Gasteiger partial charge is 0.111 e. The quantitative estimate of drug-likeness (QED) is 0.723. The average Bonchev–Trinajstić information content (AvgIpc) is 2.68. The Morgan fingerprint density at radius 1 is 1.14 bits per heavy atom. The van der Waals surface area contributed by atoms with E-state index in [1.54, 1.807) is 6.20 Å². The highest BCUT2D eigenvalue weighted by Gasteiger charge is 2.04. The topological polar surface area (TPSA) is 30.7 Å². The van der Waals surface area contributed by atoms with E-state index >= 15 is 0 Å². The van der Waals surface area contributed by atoms with Crippen molar-refractivity contribution in [3.8, 4) is 11.4 Å². The number of aromatic nitrogens is 3. The molecule has 0 aromatic carbocycles. The lowest BCUT2D eigenvalue weighted by Crippen LogP contribution is -2.00. The van der Waals surface area contributed by atoms with E-state index in [-0.39, 0.29) is 0 Å². The van der Waals surface area contributed by atoms with Gasteiger partial charge in [0.05, 0.1) is 5.69 Å². The molecule has 2 rings (SSSR count). The van der Waals surface area contributed by atoms with Crippen molar-refractivity contribution in [3.05, 3.63) is 36.7 Å². The van der Waals surface area contributed by atoms with Gasteiger partial charge in [0.2, 0.25) is 0 Å². The number of rotatable bonds is 2. The normalized spacial score (nSPS) is 10.8. The first kappa shape index (κ1) is 8.94. The monoisotopic (exact) mass is 187 g/mol. The number of hydrogen-bond acceptors (Lipinski definition) is 2. The zero-order chi connectivity index (χ0) is 9.97. The molecular weight excluding hydrogens is 174 g/mol. The Morgan fingerprint density at radius 2 is 2.00 bits per heavy atom. The molecule has 2 aromatic rings. The molecule has 0 fully saturated rings. The summed E-state index contributed by atoms with van der Waals surface area (Å²) in [4.78, 5) is 4.25. The highest BCUT2D eigenvalue weighted by molar-refractivity contribution is 5.52.